The molecule has 0 aliphatic heterocycles. The number of pyridine rings is 1. The van der Waals surface area contributed by atoms with Crippen molar-refractivity contribution in [2.75, 3.05) is 38.1 Å². The van der Waals surface area contributed by atoms with Gasteiger partial charge in [0.2, 0.25) is 17.6 Å². The number of halogens is 2. The van der Waals surface area contributed by atoms with Gasteiger partial charge in [0.25, 0.3) is 0 Å². The highest BCUT2D eigenvalue weighted by Crippen LogP contribution is 2.32. The molecule has 1 amide bonds. The number of carbonyl (C=O) groups is 1. The fraction of sp³-hybridized carbons (Fsp3) is 0.412. The van der Waals surface area contributed by atoms with Crippen LogP contribution in [0.2, 0.25) is 0 Å². The molecule has 0 spiro atoms. The summed E-state index contributed by atoms with van der Waals surface area (Å²) in [5, 5.41) is 5.41. The van der Waals surface area contributed by atoms with Crippen LogP contribution in [0.3, 0.4) is 0 Å². The number of nitrogens with one attached hydrogen (secondary N) is 2. The summed E-state index contributed by atoms with van der Waals surface area (Å²) in [6.07, 6.45) is 1.39. The van der Waals surface area contributed by atoms with E-state index in [2.05, 4.69) is 25.6 Å². The number of carbonyl (C=O) groups excluding carboxylic acids is 1. The zero-order valence-corrected chi connectivity index (χ0v) is 15.9. The van der Waals surface area contributed by atoms with Crippen molar-refractivity contribution in [1.29, 1.82) is 0 Å². The largest absolute Gasteiger partial charge is 0.487 e. The summed E-state index contributed by atoms with van der Waals surface area (Å²) in [6.45, 7) is 2.59. The molecule has 0 unspecified atom stereocenters. The van der Waals surface area contributed by atoms with Crippen LogP contribution in [0.5, 0.6) is 11.6 Å². The van der Waals surface area contributed by atoms with Gasteiger partial charge in [-0.15, -0.1) is 0 Å². The number of alkyl halides is 2. The molecule has 2 N–H and O–H groups in total. The average Bonchev–Trinajstić information content (AvgIpc) is 2.62. The second-order valence-electron chi connectivity index (χ2n) is 5.72. The van der Waals surface area contributed by atoms with Gasteiger partial charge < -0.3 is 24.8 Å². The van der Waals surface area contributed by atoms with Crippen molar-refractivity contribution < 1.29 is 27.8 Å². The Labute approximate surface area is 160 Å². The summed E-state index contributed by atoms with van der Waals surface area (Å²) < 4.78 is 42.8. The van der Waals surface area contributed by atoms with Gasteiger partial charge in [0, 0.05) is 33.1 Å². The van der Waals surface area contributed by atoms with Crippen LogP contribution in [-0.4, -0.2) is 48.3 Å². The lowest BCUT2D eigenvalue weighted by Crippen LogP contribution is -2.15. The lowest BCUT2D eigenvalue weighted by atomic mass is 10.3. The maximum absolute atomic E-state index is 13.7. The monoisotopic (exact) mass is 397 g/mol. The predicted octanol–water partition coefficient (Wildman–Crippen LogP) is 2.72. The van der Waals surface area contributed by atoms with Crippen LogP contribution >= 0.6 is 0 Å². The summed E-state index contributed by atoms with van der Waals surface area (Å²) >= 11 is 0. The van der Waals surface area contributed by atoms with Gasteiger partial charge in [-0.25, -0.2) is 9.97 Å². The summed E-state index contributed by atoms with van der Waals surface area (Å²) in [7, 11) is 2.84. The second-order valence-corrected chi connectivity index (χ2v) is 5.72. The molecule has 2 heterocycles. The van der Waals surface area contributed by atoms with Crippen LogP contribution in [0, 0.1) is 0 Å². The van der Waals surface area contributed by atoms with Crippen molar-refractivity contribution in [1.82, 2.24) is 15.0 Å². The van der Waals surface area contributed by atoms with Crippen molar-refractivity contribution in [2.24, 2.45) is 0 Å². The van der Waals surface area contributed by atoms with Crippen LogP contribution in [0.4, 0.5) is 26.1 Å². The van der Waals surface area contributed by atoms with Gasteiger partial charge in [-0.05, 0) is 0 Å². The van der Waals surface area contributed by atoms with Crippen molar-refractivity contribution >= 4 is 23.2 Å². The van der Waals surface area contributed by atoms with Crippen LogP contribution < -0.4 is 20.1 Å². The Morgan fingerprint density at radius 3 is 2.54 bits per heavy atom. The standard InChI is InChI=1S/C17H21F2N5O4/c1-10(25)21-13-7-11(12(9-20-13)28-6-5-26-3)22-14-8-15(27-4)24-16(23-14)17(2,18)19/h7-9H,5-6H2,1-4H3,(H2,20,21,22,23,24,25). The normalized spacial score (nSPS) is 11.1. The first-order valence-corrected chi connectivity index (χ1v) is 8.20. The maximum Gasteiger partial charge on any atom is 0.304 e. The highest BCUT2D eigenvalue weighted by Gasteiger charge is 2.29. The molecule has 0 saturated carbocycles. The summed E-state index contributed by atoms with van der Waals surface area (Å²) in [5.74, 6) is -3.70. The highest BCUT2D eigenvalue weighted by molar-refractivity contribution is 5.88. The summed E-state index contributed by atoms with van der Waals surface area (Å²) in [5.41, 5.74) is 0.348. The summed E-state index contributed by atoms with van der Waals surface area (Å²) in [6, 6.07) is 2.84. The topological polar surface area (TPSA) is 107 Å². The molecule has 0 saturated heterocycles. The fourth-order valence-electron chi connectivity index (χ4n) is 2.07. The molecule has 0 bridgehead atoms. The second kappa shape index (κ2) is 9.22. The predicted molar refractivity (Wildman–Crippen MR) is 97.3 cm³/mol. The van der Waals surface area contributed by atoms with Crippen molar-refractivity contribution in [2.45, 2.75) is 19.8 Å². The zero-order chi connectivity index (χ0) is 20.7. The molecule has 0 aliphatic carbocycles. The molecule has 2 aromatic rings. The van der Waals surface area contributed by atoms with E-state index in [1.165, 1.54) is 39.5 Å². The molecule has 0 fully saturated rings. The minimum absolute atomic E-state index is 0.0352. The molecule has 2 aromatic heterocycles. The van der Waals surface area contributed by atoms with Gasteiger partial charge in [0.1, 0.15) is 18.2 Å². The number of amides is 1. The van der Waals surface area contributed by atoms with E-state index in [1.54, 1.807) is 0 Å². The van der Waals surface area contributed by atoms with Gasteiger partial charge in [0.15, 0.2) is 5.75 Å². The molecular formula is C17H21F2N5O4. The minimum Gasteiger partial charge on any atom is -0.487 e. The van der Waals surface area contributed by atoms with E-state index < -0.39 is 11.7 Å². The Bertz CT molecular complexity index is 830. The van der Waals surface area contributed by atoms with Crippen LogP contribution in [-0.2, 0) is 15.5 Å². The first kappa shape index (κ1) is 21.2. The molecule has 152 valence electrons. The first-order chi connectivity index (χ1) is 13.2. The number of methoxy groups -OCH3 is 2. The lowest BCUT2D eigenvalue weighted by Gasteiger charge is -2.16. The van der Waals surface area contributed by atoms with Crippen molar-refractivity contribution in [3.8, 4) is 11.6 Å². The molecule has 0 aromatic carbocycles. The van der Waals surface area contributed by atoms with Crippen molar-refractivity contribution in [3.63, 3.8) is 0 Å². The van der Waals surface area contributed by atoms with E-state index in [0.29, 0.717) is 25.0 Å². The van der Waals surface area contributed by atoms with E-state index >= 15 is 0 Å². The number of rotatable bonds is 9. The number of ether oxygens (including phenoxy) is 3. The number of hydrogen-bond donors (Lipinski definition) is 2. The maximum atomic E-state index is 13.7. The van der Waals surface area contributed by atoms with Gasteiger partial charge in [-0.2, -0.15) is 13.8 Å². The zero-order valence-electron chi connectivity index (χ0n) is 15.9. The SMILES string of the molecule is COCCOc1cnc(NC(C)=O)cc1Nc1cc(OC)nc(C(C)(F)F)n1. The average molecular weight is 397 g/mol. The Kier molecular flexibility index (Phi) is 6.99. The third-order valence-corrected chi connectivity index (χ3v) is 3.28. The molecule has 0 radical (unpaired) electrons. The minimum atomic E-state index is -3.26. The molecule has 28 heavy (non-hydrogen) atoms. The van der Waals surface area contributed by atoms with E-state index in [4.69, 9.17) is 14.2 Å². The number of anilines is 3. The van der Waals surface area contributed by atoms with E-state index in [1.807, 2.05) is 0 Å². The van der Waals surface area contributed by atoms with Crippen molar-refractivity contribution in [3.05, 3.63) is 24.2 Å². The van der Waals surface area contributed by atoms with Crippen LogP contribution in [0.1, 0.15) is 19.7 Å². The smallest absolute Gasteiger partial charge is 0.304 e. The lowest BCUT2D eigenvalue weighted by molar-refractivity contribution is -0.114. The Hall–Kier alpha value is -3.08. The summed E-state index contributed by atoms with van der Waals surface area (Å²) in [4.78, 5) is 22.9. The van der Waals surface area contributed by atoms with Gasteiger partial charge in [-0.1, -0.05) is 0 Å². The number of aromatic nitrogens is 3. The van der Waals surface area contributed by atoms with E-state index in [-0.39, 0.29) is 30.0 Å². The fourth-order valence-corrected chi connectivity index (χ4v) is 2.07. The van der Waals surface area contributed by atoms with Gasteiger partial charge >= 0.3 is 5.92 Å². The molecule has 11 heteroatoms. The van der Waals surface area contributed by atoms with Crippen LogP contribution in [0.15, 0.2) is 18.3 Å². The Balaban J connectivity index is 2.40. The molecular weight excluding hydrogens is 376 g/mol. The molecule has 0 aliphatic rings. The quantitative estimate of drug-likeness (QED) is 0.622. The molecule has 2 rings (SSSR count). The molecule has 0 atom stereocenters. The Morgan fingerprint density at radius 1 is 1.18 bits per heavy atom. The molecule has 9 nitrogen and oxygen atoms in total. The van der Waals surface area contributed by atoms with E-state index in [0.717, 1.165) is 0 Å². The third-order valence-electron chi connectivity index (χ3n) is 3.28. The highest BCUT2D eigenvalue weighted by atomic mass is 19.3. The first-order valence-electron chi connectivity index (χ1n) is 8.20. The third kappa shape index (κ3) is 5.98. The van der Waals surface area contributed by atoms with E-state index in [9.17, 15) is 13.6 Å². The van der Waals surface area contributed by atoms with Gasteiger partial charge in [-0.3, -0.25) is 4.79 Å². The number of hydrogen-bond acceptors (Lipinski definition) is 8. The van der Waals surface area contributed by atoms with Crippen LogP contribution in [0.25, 0.3) is 0 Å². The Morgan fingerprint density at radius 2 is 1.93 bits per heavy atom. The van der Waals surface area contributed by atoms with Gasteiger partial charge in [0.05, 0.1) is 25.6 Å². The number of nitrogens with zero attached hydrogens (tertiary/aromatic N) is 3.